The average molecular weight is 353 g/mol. The van der Waals surface area contributed by atoms with Gasteiger partial charge >= 0.3 is 5.17 Å². The van der Waals surface area contributed by atoms with Gasteiger partial charge in [-0.2, -0.15) is 5.06 Å². The lowest BCUT2D eigenvalue weighted by molar-refractivity contribution is 0.243. The molecule has 0 atom stereocenters. The van der Waals surface area contributed by atoms with Gasteiger partial charge in [0.25, 0.3) is 0 Å². The lowest BCUT2D eigenvalue weighted by Gasteiger charge is -2.08. The standard InChI is InChI=1S/C14H17FN2S.C2H3NOS/c1-9(2)13-14(17(4)10(3)16-13)18-12-7-5-6-11(15)8-12;1-3-2(5)4-3/h5-9H,1-4H3;1H3. The molecule has 0 N–H and O–H groups in total. The van der Waals surface area contributed by atoms with E-state index in [2.05, 4.69) is 40.5 Å². The molecule has 0 amide bonds. The number of benzene rings is 1. The number of imidazole rings is 1. The molecule has 0 radical (unpaired) electrons. The highest BCUT2D eigenvalue weighted by Gasteiger charge is 2.21. The Hall–Kier alpha value is -1.60. The normalized spacial score (nSPS) is 12.8. The first-order valence-corrected chi connectivity index (χ1v) is 8.44. The zero-order valence-corrected chi connectivity index (χ0v) is 15.5. The summed E-state index contributed by atoms with van der Waals surface area (Å²) in [6.45, 7) is 6.23. The minimum Gasteiger partial charge on any atom is -0.342 e. The van der Waals surface area contributed by atoms with Crippen molar-refractivity contribution in [1.29, 1.82) is 0 Å². The molecule has 7 heteroatoms. The molecule has 4 nitrogen and oxygen atoms in total. The molecule has 1 aliphatic heterocycles. The van der Waals surface area contributed by atoms with Gasteiger partial charge in [-0.15, -0.1) is 0 Å². The SMILES string of the molecule is CN1OC1=S.Cc1nc(C(C)C)c(Sc2cccc(F)c2)n1C. The molecule has 0 aliphatic carbocycles. The van der Waals surface area contributed by atoms with Crippen molar-refractivity contribution >= 4 is 29.2 Å². The third-order valence-corrected chi connectivity index (χ3v) is 4.79. The number of hydrogen-bond acceptors (Lipinski definition) is 4. The maximum atomic E-state index is 13.2. The summed E-state index contributed by atoms with van der Waals surface area (Å²) in [5.74, 6) is 1.14. The van der Waals surface area contributed by atoms with Crippen molar-refractivity contribution in [3.05, 3.63) is 41.6 Å². The second kappa shape index (κ2) is 7.31. The maximum absolute atomic E-state index is 13.2. The molecule has 2 heterocycles. The van der Waals surface area contributed by atoms with Gasteiger partial charge < -0.3 is 9.40 Å². The molecule has 1 saturated heterocycles. The fraction of sp³-hybridized carbons (Fsp3) is 0.375. The lowest BCUT2D eigenvalue weighted by Crippen LogP contribution is -1.95. The Morgan fingerprint density at radius 2 is 1.91 bits per heavy atom. The van der Waals surface area contributed by atoms with Crippen molar-refractivity contribution in [3.8, 4) is 0 Å². The number of rotatable bonds is 3. The highest BCUT2D eigenvalue weighted by Crippen LogP contribution is 2.34. The van der Waals surface area contributed by atoms with Gasteiger partial charge in [-0.3, -0.25) is 0 Å². The van der Waals surface area contributed by atoms with Crippen LogP contribution in [0.25, 0.3) is 0 Å². The van der Waals surface area contributed by atoms with E-state index >= 15 is 0 Å². The summed E-state index contributed by atoms with van der Waals surface area (Å²) in [4.78, 5) is 9.96. The fourth-order valence-corrected chi connectivity index (χ4v) is 3.16. The fourth-order valence-electron chi connectivity index (χ4n) is 1.85. The zero-order chi connectivity index (χ0) is 17.1. The van der Waals surface area contributed by atoms with Crippen LogP contribution in [0.1, 0.15) is 31.3 Å². The van der Waals surface area contributed by atoms with Crippen LogP contribution in [0.3, 0.4) is 0 Å². The van der Waals surface area contributed by atoms with Crippen molar-refractivity contribution in [2.75, 3.05) is 7.05 Å². The van der Waals surface area contributed by atoms with Gasteiger partial charge in [0.15, 0.2) is 0 Å². The van der Waals surface area contributed by atoms with E-state index in [0.29, 0.717) is 11.1 Å². The average Bonchev–Trinajstić information content (AvgIpc) is 3.05. The lowest BCUT2D eigenvalue weighted by atomic mass is 10.2. The minimum atomic E-state index is -0.204. The predicted octanol–water partition coefficient (Wildman–Crippen LogP) is 4.29. The van der Waals surface area contributed by atoms with Crippen LogP contribution in [-0.2, 0) is 11.9 Å². The van der Waals surface area contributed by atoms with E-state index in [0.717, 1.165) is 21.4 Å². The van der Waals surface area contributed by atoms with Crippen molar-refractivity contribution < 1.29 is 9.23 Å². The van der Waals surface area contributed by atoms with Gasteiger partial charge in [0.05, 0.1) is 5.69 Å². The van der Waals surface area contributed by atoms with Crippen LogP contribution in [0, 0.1) is 12.7 Å². The molecule has 23 heavy (non-hydrogen) atoms. The second-order valence-corrected chi connectivity index (χ2v) is 6.89. The first kappa shape index (κ1) is 17.7. The predicted molar refractivity (Wildman–Crippen MR) is 94.0 cm³/mol. The van der Waals surface area contributed by atoms with Gasteiger partial charge in [0.2, 0.25) is 0 Å². The van der Waals surface area contributed by atoms with E-state index in [-0.39, 0.29) is 5.82 Å². The van der Waals surface area contributed by atoms with E-state index in [1.807, 2.05) is 20.0 Å². The molecule has 124 valence electrons. The maximum Gasteiger partial charge on any atom is 0.322 e. The largest absolute Gasteiger partial charge is 0.342 e. The molecule has 2 aromatic rings. The molecule has 1 aromatic heterocycles. The number of halogens is 1. The van der Waals surface area contributed by atoms with Crippen LogP contribution in [0.15, 0.2) is 34.2 Å². The summed E-state index contributed by atoms with van der Waals surface area (Å²) in [6, 6.07) is 6.66. The Balaban J connectivity index is 0.000000326. The van der Waals surface area contributed by atoms with Crippen LogP contribution < -0.4 is 0 Å². The highest BCUT2D eigenvalue weighted by atomic mass is 32.2. The topological polar surface area (TPSA) is 33.4 Å². The van der Waals surface area contributed by atoms with E-state index in [9.17, 15) is 4.39 Å². The molecule has 0 saturated carbocycles. The smallest absolute Gasteiger partial charge is 0.322 e. The molecule has 3 rings (SSSR count). The summed E-state index contributed by atoms with van der Waals surface area (Å²) < 4.78 is 15.3. The van der Waals surface area contributed by atoms with Gasteiger partial charge in [0.1, 0.15) is 16.7 Å². The molecule has 0 spiro atoms. The Morgan fingerprint density at radius 1 is 1.30 bits per heavy atom. The zero-order valence-electron chi connectivity index (χ0n) is 13.8. The highest BCUT2D eigenvalue weighted by molar-refractivity contribution is 7.99. The number of thiocarbonyl (C=S) groups is 1. The van der Waals surface area contributed by atoms with Crippen LogP contribution in [-0.4, -0.2) is 26.8 Å². The van der Waals surface area contributed by atoms with Crippen LogP contribution >= 0.6 is 24.0 Å². The summed E-state index contributed by atoms with van der Waals surface area (Å²) in [6.07, 6.45) is 0. The van der Waals surface area contributed by atoms with Gasteiger partial charge in [-0.1, -0.05) is 31.7 Å². The molecule has 0 bridgehead atoms. The first-order chi connectivity index (χ1) is 10.8. The number of aromatic nitrogens is 2. The molecular weight excluding hydrogens is 333 g/mol. The third-order valence-electron chi connectivity index (χ3n) is 3.29. The second-order valence-electron chi connectivity index (χ2n) is 5.48. The van der Waals surface area contributed by atoms with Crippen LogP contribution in [0.5, 0.6) is 0 Å². The van der Waals surface area contributed by atoms with E-state index in [1.165, 1.54) is 11.1 Å². The Labute approximate surface area is 145 Å². The summed E-state index contributed by atoms with van der Waals surface area (Å²) >= 11 is 6.04. The summed E-state index contributed by atoms with van der Waals surface area (Å²) in [7, 11) is 3.76. The molecule has 1 fully saturated rings. The molecule has 0 unspecified atom stereocenters. The number of aryl methyl sites for hydroxylation is 1. The van der Waals surface area contributed by atoms with Crippen molar-refractivity contribution in [3.63, 3.8) is 0 Å². The van der Waals surface area contributed by atoms with Gasteiger partial charge in [0, 0.05) is 19.0 Å². The van der Waals surface area contributed by atoms with E-state index in [1.54, 1.807) is 30.9 Å². The summed E-state index contributed by atoms with van der Waals surface area (Å²) in [5, 5.41) is 3.20. The molecule has 1 aromatic carbocycles. The first-order valence-electron chi connectivity index (χ1n) is 7.22. The quantitative estimate of drug-likeness (QED) is 0.607. The Bertz CT molecular complexity index is 715. The van der Waals surface area contributed by atoms with Crippen molar-refractivity contribution in [2.45, 2.75) is 36.6 Å². The minimum absolute atomic E-state index is 0.204. The van der Waals surface area contributed by atoms with Crippen LogP contribution in [0.2, 0.25) is 0 Å². The van der Waals surface area contributed by atoms with E-state index in [4.69, 9.17) is 0 Å². The summed E-state index contributed by atoms with van der Waals surface area (Å²) in [5.41, 5.74) is 1.07. The van der Waals surface area contributed by atoms with Crippen molar-refractivity contribution in [2.24, 2.45) is 7.05 Å². The van der Waals surface area contributed by atoms with E-state index < -0.39 is 0 Å². The Morgan fingerprint density at radius 3 is 2.39 bits per heavy atom. The Kier molecular flexibility index (Phi) is 5.64. The van der Waals surface area contributed by atoms with Gasteiger partial charge in [-0.25, -0.2) is 9.37 Å². The number of hydrogen-bond donors (Lipinski definition) is 0. The monoisotopic (exact) mass is 353 g/mol. The number of hydroxylamine groups is 2. The number of nitrogens with zero attached hydrogens (tertiary/aromatic N) is 3. The van der Waals surface area contributed by atoms with Gasteiger partial charge in [-0.05, 0) is 43.3 Å². The molecular formula is C16H20FN3OS2. The third kappa shape index (κ3) is 4.68. The molecule has 1 aliphatic rings. The van der Waals surface area contributed by atoms with Crippen molar-refractivity contribution in [1.82, 2.24) is 14.6 Å². The van der Waals surface area contributed by atoms with Crippen LogP contribution in [0.4, 0.5) is 4.39 Å².